The molecule has 1 heterocycles. The monoisotopic (exact) mass is 554 g/mol. The highest BCUT2D eigenvalue weighted by Gasteiger charge is 2.42. The molecule has 1 N–H and O–H groups in total. The van der Waals surface area contributed by atoms with Crippen molar-refractivity contribution in [2.24, 2.45) is 0 Å². The smallest absolute Gasteiger partial charge is 0.436 e. The second-order valence-electron chi connectivity index (χ2n) is 7.78. The van der Waals surface area contributed by atoms with Gasteiger partial charge in [-0.15, -0.1) is 0 Å². The molecule has 1 fully saturated rings. The van der Waals surface area contributed by atoms with E-state index in [1.807, 2.05) is 0 Å². The second kappa shape index (κ2) is 9.56. The lowest BCUT2D eigenvalue weighted by Crippen LogP contribution is -2.21. The van der Waals surface area contributed by atoms with Gasteiger partial charge in [-0.3, -0.25) is 19.6 Å². The summed E-state index contributed by atoms with van der Waals surface area (Å²) in [5, 5.41) is 17.5. The Bertz CT molecular complexity index is 1270. The second-order valence-corrected chi connectivity index (χ2v) is 8.57. The molecule has 0 radical (unpaired) electrons. The number of carbonyl (C=O) groups is 1. The van der Waals surface area contributed by atoms with Crippen LogP contribution >= 0.6 is 15.9 Å². The minimum Gasteiger partial charge on any atom is -0.497 e. The molecule has 184 valence electrons. The molecule has 35 heavy (non-hydrogen) atoms. The summed E-state index contributed by atoms with van der Waals surface area (Å²) in [6, 6.07) is 10.2. The number of nitro groups is 1. The normalized spacial score (nSPS) is 13.4. The highest BCUT2D eigenvalue weighted by atomic mass is 79.9. The molecule has 1 saturated carbocycles. The average Bonchev–Trinajstić information content (AvgIpc) is 3.56. The molecular formula is C22H18BrF3N4O5. The van der Waals surface area contributed by atoms with Crippen LogP contribution in [0.4, 0.5) is 24.5 Å². The van der Waals surface area contributed by atoms with Crippen molar-refractivity contribution in [3.05, 3.63) is 68.4 Å². The van der Waals surface area contributed by atoms with Gasteiger partial charge in [-0.1, -0.05) is 0 Å². The van der Waals surface area contributed by atoms with Crippen LogP contribution in [-0.2, 0) is 17.5 Å². The Kier molecular flexibility index (Phi) is 6.70. The summed E-state index contributed by atoms with van der Waals surface area (Å²) in [5.74, 6) is 0.224. The van der Waals surface area contributed by atoms with Crippen molar-refractivity contribution in [2.75, 3.05) is 12.4 Å². The van der Waals surface area contributed by atoms with Crippen LogP contribution in [0.25, 0.3) is 0 Å². The first kappa shape index (κ1) is 24.5. The van der Waals surface area contributed by atoms with E-state index in [0.29, 0.717) is 30.0 Å². The number of methoxy groups -OCH3 is 1. The number of amides is 1. The number of nitrogens with zero attached hydrogens (tertiary/aromatic N) is 3. The Balaban J connectivity index is 1.55. The van der Waals surface area contributed by atoms with Gasteiger partial charge >= 0.3 is 6.18 Å². The van der Waals surface area contributed by atoms with Gasteiger partial charge in [0.15, 0.2) is 5.69 Å². The van der Waals surface area contributed by atoms with Crippen LogP contribution < -0.4 is 14.8 Å². The summed E-state index contributed by atoms with van der Waals surface area (Å²) in [7, 11) is 1.50. The Morgan fingerprint density at radius 1 is 1.20 bits per heavy atom. The molecule has 2 aromatic carbocycles. The first-order valence-electron chi connectivity index (χ1n) is 10.3. The quantitative estimate of drug-likeness (QED) is 0.274. The van der Waals surface area contributed by atoms with Crippen molar-refractivity contribution in [3.8, 4) is 17.2 Å². The van der Waals surface area contributed by atoms with Crippen molar-refractivity contribution in [1.82, 2.24) is 9.78 Å². The fourth-order valence-electron chi connectivity index (χ4n) is 3.44. The molecular weight excluding hydrogens is 537 g/mol. The number of halogens is 4. The Morgan fingerprint density at radius 3 is 2.43 bits per heavy atom. The van der Waals surface area contributed by atoms with E-state index in [9.17, 15) is 28.1 Å². The standard InChI is InChI=1S/C22H18BrF3N4O5/c1-34-15-4-6-16(7-5-15)35-17-9-13(8-14(10-17)30(32)33)27-18(31)11-29-20(12-2-3-12)19(23)21(28-29)22(24,25)26/h4-10,12H,2-3,11H2,1H3,(H,27,31). The first-order chi connectivity index (χ1) is 16.5. The minimum absolute atomic E-state index is 0.0444. The van der Waals surface area contributed by atoms with Crippen molar-refractivity contribution < 1.29 is 32.4 Å². The molecule has 9 nitrogen and oxygen atoms in total. The van der Waals surface area contributed by atoms with Gasteiger partial charge in [0.1, 0.15) is 23.8 Å². The summed E-state index contributed by atoms with van der Waals surface area (Å²) in [6.45, 7) is -0.502. The Morgan fingerprint density at radius 2 is 1.86 bits per heavy atom. The van der Waals surface area contributed by atoms with Crippen LogP contribution in [-0.4, -0.2) is 27.7 Å². The number of hydrogen-bond acceptors (Lipinski definition) is 6. The zero-order chi connectivity index (χ0) is 25.3. The number of ether oxygens (including phenoxy) is 2. The highest BCUT2D eigenvalue weighted by molar-refractivity contribution is 9.10. The Labute approximate surface area is 205 Å². The maximum atomic E-state index is 13.3. The zero-order valence-corrected chi connectivity index (χ0v) is 19.7. The topological polar surface area (TPSA) is 109 Å². The molecule has 4 rings (SSSR count). The van der Waals surface area contributed by atoms with E-state index < -0.39 is 29.2 Å². The lowest BCUT2D eigenvalue weighted by molar-refractivity contribution is -0.384. The molecule has 0 saturated heterocycles. The lowest BCUT2D eigenvalue weighted by atomic mass is 10.2. The predicted molar refractivity (Wildman–Crippen MR) is 122 cm³/mol. The van der Waals surface area contributed by atoms with Gasteiger partial charge in [-0.2, -0.15) is 18.3 Å². The summed E-state index contributed by atoms with van der Waals surface area (Å²) in [4.78, 5) is 23.4. The largest absolute Gasteiger partial charge is 0.497 e. The highest BCUT2D eigenvalue weighted by Crippen LogP contribution is 2.47. The van der Waals surface area contributed by atoms with Gasteiger partial charge in [0.2, 0.25) is 5.91 Å². The van der Waals surface area contributed by atoms with Gasteiger partial charge in [-0.25, -0.2) is 0 Å². The number of rotatable bonds is 8. The molecule has 13 heteroatoms. The third-order valence-corrected chi connectivity index (χ3v) is 5.92. The van der Waals surface area contributed by atoms with Gasteiger partial charge in [0, 0.05) is 18.1 Å². The fourth-order valence-corrected chi connectivity index (χ4v) is 4.27. The van der Waals surface area contributed by atoms with E-state index in [2.05, 4.69) is 26.3 Å². The zero-order valence-electron chi connectivity index (χ0n) is 18.1. The van der Waals surface area contributed by atoms with E-state index in [1.54, 1.807) is 24.3 Å². The van der Waals surface area contributed by atoms with E-state index in [0.717, 1.165) is 10.7 Å². The maximum absolute atomic E-state index is 13.3. The van der Waals surface area contributed by atoms with E-state index >= 15 is 0 Å². The van der Waals surface area contributed by atoms with Crippen molar-refractivity contribution in [2.45, 2.75) is 31.5 Å². The number of non-ortho nitro benzene ring substituents is 1. The molecule has 1 aliphatic rings. The summed E-state index contributed by atoms with van der Waals surface area (Å²) < 4.78 is 51.5. The number of benzene rings is 2. The SMILES string of the molecule is COc1ccc(Oc2cc(NC(=O)Cn3nc(C(F)(F)F)c(Br)c3C3CC3)cc([N+](=O)[O-])c2)cc1. The molecule has 0 atom stereocenters. The van der Waals surface area contributed by atoms with Crippen molar-refractivity contribution in [3.63, 3.8) is 0 Å². The maximum Gasteiger partial charge on any atom is 0.436 e. The number of aromatic nitrogens is 2. The van der Waals surface area contributed by atoms with Crippen LogP contribution in [0, 0.1) is 10.1 Å². The summed E-state index contributed by atoms with van der Waals surface area (Å²) in [5.41, 5.74) is -1.10. The number of nitrogens with one attached hydrogen (secondary N) is 1. The van der Waals surface area contributed by atoms with E-state index in [-0.39, 0.29) is 27.5 Å². The fraction of sp³-hybridized carbons (Fsp3) is 0.273. The third-order valence-electron chi connectivity index (χ3n) is 5.14. The summed E-state index contributed by atoms with van der Waals surface area (Å²) >= 11 is 2.98. The minimum atomic E-state index is -4.68. The number of nitro benzene ring substituents is 1. The molecule has 0 unspecified atom stereocenters. The molecule has 0 bridgehead atoms. The van der Waals surface area contributed by atoms with Crippen LogP contribution in [0.3, 0.4) is 0 Å². The van der Waals surface area contributed by atoms with Crippen LogP contribution in [0.2, 0.25) is 0 Å². The average molecular weight is 555 g/mol. The van der Waals surface area contributed by atoms with Crippen LogP contribution in [0.15, 0.2) is 46.9 Å². The Hall–Kier alpha value is -3.61. The number of carbonyl (C=O) groups excluding carboxylic acids is 1. The number of alkyl halides is 3. The van der Waals surface area contributed by atoms with Crippen LogP contribution in [0.1, 0.15) is 30.1 Å². The van der Waals surface area contributed by atoms with Gasteiger partial charge in [0.05, 0.1) is 34.0 Å². The van der Waals surface area contributed by atoms with E-state index in [1.165, 1.54) is 19.2 Å². The summed E-state index contributed by atoms with van der Waals surface area (Å²) in [6.07, 6.45) is -3.29. The number of hydrogen-bond donors (Lipinski definition) is 1. The lowest BCUT2D eigenvalue weighted by Gasteiger charge is -2.11. The molecule has 1 aliphatic carbocycles. The predicted octanol–water partition coefficient (Wildman–Crippen LogP) is 5.89. The van der Waals surface area contributed by atoms with Gasteiger partial charge in [-0.05, 0) is 53.0 Å². The third kappa shape index (κ3) is 5.73. The molecule has 3 aromatic rings. The molecule has 0 aliphatic heterocycles. The van der Waals surface area contributed by atoms with Crippen molar-refractivity contribution >= 4 is 33.2 Å². The number of anilines is 1. The molecule has 1 aromatic heterocycles. The molecule has 0 spiro atoms. The first-order valence-corrected chi connectivity index (χ1v) is 11.1. The van der Waals surface area contributed by atoms with Crippen LogP contribution in [0.5, 0.6) is 17.2 Å². The van der Waals surface area contributed by atoms with Gasteiger partial charge in [0.25, 0.3) is 5.69 Å². The van der Waals surface area contributed by atoms with Gasteiger partial charge < -0.3 is 14.8 Å². The molecule has 1 amide bonds. The van der Waals surface area contributed by atoms with E-state index in [4.69, 9.17) is 9.47 Å². The van der Waals surface area contributed by atoms with Crippen molar-refractivity contribution in [1.29, 1.82) is 0 Å².